The Balaban J connectivity index is 0. The minimum absolute atomic E-state index is 0.139. The lowest BCUT2D eigenvalue weighted by molar-refractivity contribution is 0.606. The minimum Gasteiger partial charge on any atom is -0.262 e. The molecule has 0 aromatic heterocycles. The van der Waals surface area contributed by atoms with Gasteiger partial charge in [-0.3, -0.25) is 4.57 Å². The van der Waals surface area contributed by atoms with Crippen LogP contribution in [0, 0.1) is 0 Å². The van der Waals surface area contributed by atoms with Crippen molar-refractivity contribution in [2.24, 2.45) is 0 Å². The van der Waals surface area contributed by atoms with E-state index >= 15 is 0 Å². The van der Waals surface area contributed by atoms with Crippen molar-refractivity contribution in [3.8, 4) is 0 Å². The molecule has 0 radical (unpaired) electrons. The van der Waals surface area contributed by atoms with E-state index in [2.05, 4.69) is 26.1 Å². The highest BCUT2D eigenvalue weighted by atomic mass is 32.7. The first kappa shape index (κ1) is 10.4. The van der Waals surface area contributed by atoms with Crippen LogP contribution in [0.5, 0.6) is 0 Å². The number of hydrogen-bond acceptors (Lipinski definition) is 1. The monoisotopic (exact) mass is 138 g/mol. The van der Waals surface area contributed by atoms with E-state index < -0.39 is 0 Å². The molecule has 0 bridgehead atoms. The van der Waals surface area contributed by atoms with Crippen LogP contribution in [-0.4, -0.2) is 0 Å². The van der Waals surface area contributed by atoms with Gasteiger partial charge in [0.2, 0.25) is 7.66 Å². The summed E-state index contributed by atoms with van der Waals surface area (Å²) in [5.41, 5.74) is 0. The zero-order valence-corrected chi connectivity index (χ0v) is 6.51. The molecule has 0 aliphatic rings. The van der Waals surface area contributed by atoms with E-state index in [9.17, 15) is 0 Å². The Morgan fingerprint density at radius 3 is 1.57 bits per heavy atom. The molecule has 0 aliphatic heterocycles. The van der Waals surface area contributed by atoms with Crippen molar-refractivity contribution in [1.29, 1.82) is 0 Å². The largest absolute Gasteiger partial charge is 0.262 e. The molecule has 0 heterocycles. The van der Waals surface area contributed by atoms with Crippen LogP contribution in [-0.2, 0) is 4.57 Å². The van der Waals surface area contributed by atoms with Crippen molar-refractivity contribution < 1.29 is 4.57 Å². The lowest BCUT2D eigenvalue weighted by Gasteiger charge is -1.68. The fourth-order valence-corrected chi connectivity index (χ4v) is 0. The topological polar surface area (TPSA) is 17.1 Å². The van der Waals surface area contributed by atoms with Gasteiger partial charge in [0.05, 0.1) is 0 Å². The molecule has 0 saturated heterocycles. The van der Waals surface area contributed by atoms with Crippen molar-refractivity contribution in [3.05, 3.63) is 0 Å². The highest BCUT2D eigenvalue weighted by Crippen LogP contribution is 1.90. The van der Waals surface area contributed by atoms with Crippen molar-refractivity contribution in [2.75, 3.05) is 0 Å². The molecule has 0 rings (SSSR count). The second-order valence-corrected chi connectivity index (χ2v) is 1.73. The van der Waals surface area contributed by atoms with E-state index in [4.69, 9.17) is 4.57 Å². The highest BCUT2D eigenvalue weighted by molar-refractivity contribution is 8.33. The van der Waals surface area contributed by atoms with Crippen LogP contribution in [0.4, 0.5) is 0 Å². The number of unbranched alkanes of at least 4 members (excludes halogenated alkanes) is 1. The minimum atomic E-state index is -0.139. The van der Waals surface area contributed by atoms with Crippen LogP contribution >= 0.6 is 19.9 Å². The van der Waals surface area contributed by atoms with Gasteiger partial charge in [0, 0.05) is 0 Å². The summed E-state index contributed by atoms with van der Waals surface area (Å²) in [5, 5.41) is 0. The standard InChI is InChI=1S/C4H10.HOPS/c1-3-4-2;1-2-3/h3-4H2,1-2H3;(H,1,3). The van der Waals surface area contributed by atoms with E-state index in [0.717, 1.165) is 0 Å². The third-order valence-corrected chi connectivity index (χ3v) is 0.500. The van der Waals surface area contributed by atoms with Crippen LogP contribution in [0.2, 0.25) is 0 Å². The van der Waals surface area contributed by atoms with Gasteiger partial charge in [-0.15, -0.1) is 0 Å². The summed E-state index contributed by atoms with van der Waals surface area (Å²) >= 11 is 3.21. The molecule has 3 heteroatoms. The molecule has 44 valence electrons. The zero-order valence-electron chi connectivity index (χ0n) is 4.72. The number of hydrogen-bond donors (Lipinski definition) is 1. The molecule has 0 aromatic rings. The smallest absolute Gasteiger partial charge is 0.223 e. The van der Waals surface area contributed by atoms with Gasteiger partial charge in [-0.05, 0) is 0 Å². The average molecular weight is 138 g/mol. The normalized spacial score (nSPS) is 7.29. The quantitative estimate of drug-likeness (QED) is 0.435. The molecule has 0 amide bonds. The van der Waals surface area contributed by atoms with Gasteiger partial charge in [-0.25, -0.2) is 0 Å². The fourth-order valence-electron chi connectivity index (χ4n) is 0. The van der Waals surface area contributed by atoms with Gasteiger partial charge in [0.1, 0.15) is 0 Å². The second kappa shape index (κ2) is 16.1. The Morgan fingerprint density at radius 2 is 1.57 bits per heavy atom. The van der Waals surface area contributed by atoms with Crippen molar-refractivity contribution >= 4 is 19.9 Å². The van der Waals surface area contributed by atoms with E-state index in [1.165, 1.54) is 12.8 Å². The predicted molar refractivity (Wildman–Crippen MR) is 37.2 cm³/mol. The molecular formula is C4H11OPS. The molecule has 0 atom stereocenters. The molecule has 7 heavy (non-hydrogen) atoms. The van der Waals surface area contributed by atoms with Gasteiger partial charge in [-0.2, -0.15) is 0 Å². The lowest BCUT2D eigenvalue weighted by Crippen LogP contribution is -1.47. The van der Waals surface area contributed by atoms with Gasteiger partial charge >= 0.3 is 0 Å². The Morgan fingerprint density at radius 1 is 1.43 bits per heavy atom. The predicted octanol–water partition coefficient (Wildman–Crippen LogP) is 2.93. The maximum Gasteiger partial charge on any atom is 0.223 e. The average Bonchev–Trinajstić information content (AvgIpc) is 1.69. The lowest BCUT2D eigenvalue weighted by atomic mass is 10.4. The van der Waals surface area contributed by atoms with Gasteiger partial charge in [-0.1, -0.05) is 38.9 Å². The third kappa shape index (κ3) is 60.7. The van der Waals surface area contributed by atoms with Crippen LogP contribution in [0.1, 0.15) is 26.7 Å². The SMILES string of the molecule is CCCC.O=PS. The highest BCUT2D eigenvalue weighted by Gasteiger charge is 1.56. The summed E-state index contributed by atoms with van der Waals surface area (Å²) in [5.74, 6) is 0. The van der Waals surface area contributed by atoms with Gasteiger partial charge < -0.3 is 0 Å². The summed E-state index contributed by atoms with van der Waals surface area (Å²) in [7, 11) is -0.139. The molecule has 0 fully saturated rings. The maximum absolute atomic E-state index is 8.77. The third-order valence-electron chi connectivity index (χ3n) is 0.500. The van der Waals surface area contributed by atoms with Crippen LogP contribution in [0.3, 0.4) is 0 Å². The Hall–Kier alpha value is 0.450. The van der Waals surface area contributed by atoms with E-state index in [1.54, 1.807) is 0 Å². The Labute approximate surface area is 51.9 Å². The first-order chi connectivity index (χ1) is 3.33. The summed E-state index contributed by atoms with van der Waals surface area (Å²) < 4.78 is 8.77. The molecule has 0 N–H and O–H groups in total. The fraction of sp³-hybridized carbons (Fsp3) is 1.00. The summed E-state index contributed by atoms with van der Waals surface area (Å²) in [6.45, 7) is 4.36. The van der Waals surface area contributed by atoms with Crippen LogP contribution in [0.15, 0.2) is 0 Å². The summed E-state index contributed by atoms with van der Waals surface area (Å²) in [4.78, 5) is 0. The maximum atomic E-state index is 8.77. The van der Waals surface area contributed by atoms with Gasteiger partial charge in [0.25, 0.3) is 0 Å². The first-order valence-electron chi connectivity index (χ1n) is 2.30. The summed E-state index contributed by atoms with van der Waals surface area (Å²) in [6.07, 6.45) is 2.64. The molecule has 0 unspecified atom stereocenters. The van der Waals surface area contributed by atoms with Crippen LogP contribution in [0.25, 0.3) is 0 Å². The van der Waals surface area contributed by atoms with E-state index in [1.807, 2.05) is 0 Å². The molecule has 0 spiro atoms. The van der Waals surface area contributed by atoms with Gasteiger partial charge in [0.15, 0.2) is 0 Å². The zero-order chi connectivity index (χ0) is 6.12. The van der Waals surface area contributed by atoms with E-state index in [0.29, 0.717) is 0 Å². The molecule has 1 nitrogen and oxygen atoms in total. The van der Waals surface area contributed by atoms with E-state index in [-0.39, 0.29) is 7.66 Å². The molecule has 0 saturated carbocycles. The first-order valence-corrected chi connectivity index (χ1v) is 4.26. The van der Waals surface area contributed by atoms with Crippen molar-refractivity contribution in [1.82, 2.24) is 0 Å². The second-order valence-electron chi connectivity index (χ2n) is 1.08. The Kier molecular flexibility index (Phi) is 24.0. The number of rotatable bonds is 1. The molecular weight excluding hydrogens is 127 g/mol. The Bertz CT molecular complexity index is 30.9. The van der Waals surface area contributed by atoms with Crippen molar-refractivity contribution in [3.63, 3.8) is 0 Å². The molecule has 0 aromatic carbocycles. The van der Waals surface area contributed by atoms with Crippen molar-refractivity contribution in [2.45, 2.75) is 26.7 Å². The molecule has 0 aliphatic carbocycles. The van der Waals surface area contributed by atoms with Crippen LogP contribution < -0.4 is 0 Å². The number of thiol groups is 1. The summed E-state index contributed by atoms with van der Waals surface area (Å²) in [6, 6.07) is 0.